The molecule has 12 heteroatoms. The zero-order valence-corrected chi connectivity index (χ0v) is 18.3. The number of furan rings is 1. The van der Waals surface area contributed by atoms with Crippen LogP contribution in [0.4, 0.5) is 18.9 Å². The van der Waals surface area contributed by atoms with Crippen LogP contribution in [0.3, 0.4) is 0 Å². The molecule has 1 N–H and O–H groups in total. The van der Waals surface area contributed by atoms with Gasteiger partial charge in [0.15, 0.2) is 0 Å². The number of nitrogens with zero attached hydrogens (tertiary/aromatic N) is 1. The van der Waals surface area contributed by atoms with Crippen molar-refractivity contribution < 1.29 is 30.8 Å². The van der Waals surface area contributed by atoms with Gasteiger partial charge in [0, 0.05) is 6.54 Å². The molecule has 0 aliphatic rings. The van der Waals surface area contributed by atoms with Crippen molar-refractivity contribution in [3.05, 3.63) is 52.9 Å². The van der Waals surface area contributed by atoms with Gasteiger partial charge in [0.1, 0.15) is 12.3 Å². The van der Waals surface area contributed by atoms with Crippen molar-refractivity contribution in [2.45, 2.75) is 18.3 Å². The van der Waals surface area contributed by atoms with Gasteiger partial charge in [0.25, 0.3) is 0 Å². The van der Waals surface area contributed by atoms with E-state index in [1.165, 1.54) is 0 Å². The van der Waals surface area contributed by atoms with E-state index >= 15 is 0 Å². The molecule has 0 aliphatic heterocycles. The number of rotatable bonds is 10. The van der Waals surface area contributed by atoms with Crippen molar-refractivity contribution in [2.24, 2.45) is 0 Å². The summed E-state index contributed by atoms with van der Waals surface area (Å²) in [5.41, 5.74) is -1.47. The quantitative estimate of drug-likeness (QED) is 0.512. The van der Waals surface area contributed by atoms with Crippen LogP contribution in [0.1, 0.15) is 17.7 Å². The van der Waals surface area contributed by atoms with Crippen molar-refractivity contribution >= 4 is 45.0 Å². The van der Waals surface area contributed by atoms with Crippen LogP contribution in [-0.2, 0) is 26.7 Å². The summed E-state index contributed by atoms with van der Waals surface area (Å²) in [6.45, 7) is -0.392. The van der Waals surface area contributed by atoms with Crippen LogP contribution in [0.2, 0.25) is 5.02 Å². The van der Waals surface area contributed by atoms with E-state index in [9.17, 15) is 26.4 Å². The average molecular weight is 485 g/mol. The lowest BCUT2D eigenvalue weighted by Gasteiger charge is -2.24. The van der Waals surface area contributed by atoms with E-state index in [-0.39, 0.29) is 11.6 Å². The molecule has 0 fully saturated rings. The molecule has 0 atom stereocenters. The third-order valence-corrected chi connectivity index (χ3v) is 6.35. The van der Waals surface area contributed by atoms with Crippen molar-refractivity contribution in [1.82, 2.24) is 5.32 Å². The second kappa shape index (κ2) is 10.5. The second-order valence-electron chi connectivity index (χ2n) is 6.27. The maximum absolute atomic E-state index is 13.0. The average Bonchev–Trinajstić information content (AvgIpc) is 3.15. The van der Waals surface area contributed by atoms with E-state index in [0.29, 0.717) is 22.5 Å². The normalized spacial score (nSPS) is 12.0. The number of benzene rings is 1. The van der Waals surface area contributed by atoms with Gasteiger partial charge in [-0.2, -0.15) is 24.9 Å². The third-order valence-electron chi connectivity index (χ3n) is 3.84. The number of alkyl halides is 3. The van der Waals surface area contributed by atoms with Crippen LogP contribution in [0, 0.1) is 0 Å². The Morgan fingerprint density at radius 1 is 1.30 bits per heavy atom. The Morgan fingerprint density at radius 3 is 2.63 bits per heavy atom. The van der Waals surface area contributed by atoms with Crippen LogP contribution >= 0.6 is 23.4 Å². The number of hydrogen-bond acceptors (Lipinski definition) is 5. The van der Waals surface area contributed by atoms with E-state index < -0.39 is 39.9 Å². The van der Waals surface area contributed by atoms with Crippen LogP contribution in [0.15, 0.2) is 41.0 Å². The largest absolute Gasteiger partial charge is 0.468 e. The number of nitrogens with one attached hydrogen (secondary N) is 1. The molecular weight excluding hydrogens is 465 g/mol. The smallest absolute Gasteiger partial charge is 0.416 e. The molecule has 1 aromatic heterocycles. The minimum Gasteiger partial charge on any atom is -0.468 e. The third kappa shape index (κ3) is 7.44. The first-order valence-corrected chi connectivity index (χ1v) is 12.1. The molecule has 1 aromatic carbocycles. The highest BCUT2D eigenvalue weighted by atomic mass is 35.5. The Labute approximate surface area is 181 Å². The van der Waals surface area contributed by atoms with Crippen molar-refractivity contribution in [2.75, 3.05) is 29.4 Å². The summed E-state index contributed by atoms with van der Waals surface area (Å²) in [5.74, 6) is 1.61. The highest BCUT2D eigenvalue weighted by molar-refractivity contribution is 7.98. The van der Waals surface area contributed by atoms with Crippen LogP contribution in [-0.4, -0.2) is 39.4 Å². The fourth-order valence-corrected chi connectivity index (χ4v) is 4.41. The molecule has 1 amide bonds. The molecule has 0 bridgehead atoms. The van der Waals surface area contributed by atoms with Gasteiger partial charge in [-0.15, -0.1) is 0 Å². The van der Waals surface area contributed by atoms with Gasteiger partial charge in [-0.3, -0.25) is 9.10 Å². The minimum atomic E-state index is -4.68. The molecule has 0 spiro atoms. The zero-order valence-electron chi connectivity index (χ0n) is 15.9. The summed E-state index contributed by atoms with van der Waals surface area (Å²) in [6.07, 6.45) is -1.68. The molecule has 166 valence electrons. The Hall–Kier alpha value is -1.85. The maximum Gasteiger partial charge on any atom is 0.416 e. The summed E-state index contributed by atoms with van der Waals surface area (Å²) >= 11 is 7.53. The molecule has 30 heavy (non-hydrogen) atoms. The Morgan fingerprint density at radius 2 is 2.03 bits per heavy atom. The Balaban J connectivity index is 1.94. The van der Waals surface area contributed by atoms with Gasteiger partial charge < -0.3 is 9.73 Å². The Bertz CT molecular complexity index is 951. The molecule has 0 unspecified atom stereocenters. The number of anilines is 1. The minimum absolute atomic E-state index is 0.212. The monoisotopic (exact) mass is 484 g/mol. The number of thioether (sulfide) groups is 1. The summed E-state index contributed by atoms with van der Waals surface area (Å²) in [6, 6.07) is 5.95. The predicted molar refractivity (Wildman–Crippen MR) is 111 cm³/mol. The first-order valence-electron chi connectivity index (χ1n) is 8.70. The second-order valence-corrected chi connectivity index (χ2v) is 9.69. The molecule has 0 radical (unpaired) electrons. The van der Waals surface area contributed by atoms with Crippen LogP contribution < -0.4 is 9.62 Å². The number of sulfonamides is 1. The summed E-state index contributed by atoms with van der Waals surface area (Å²) in [4.78, 5) is 12.2. The summed E-state index contributed by atoms with van der Waals surface area (Å²) < 4.78 is 68.9. The lowest BCUT2D eigenvalue weighted by molar-refractivity contribution is -0.137. The van der Waals surface area contributed by atoms with Crippen molar-refractivity contribution in [3.63, 3.8) is 0 Å². The van der Waals surface area contributed by atoms with Crippen LogP contribution in [0.25, 0.3) is 0 Å². The molecule has 0 aliphatic carbocycles. The molecule has 6 nitrogen and oxygen atoms in total. The molecule has 2 rings (SSSR count). The van der Waals surface area contributed by atoms with E-state index in [2.05, 4.69) is 5.32 Å². The fourth-order valence-electron chi connectivity index (χ4n) is 2.42. The predicted octanol–water partition coefficient (Wildman–Crippen LogP) is 4.16. The van der Waals surface area contributed by atoms with Crippen molar-refractivity contribution in [3.8, 4) is 0 Å². The first-order chi connectivity index (χ1) is 14.0. The van der Waals surface area contributed by atoms with Gasteiger partial charge >= 0.3 is 6.18 Å². The number of halogens is 4. The lowest BCUT2D eigenvalue weighted by Crippen LogP contribution is -2.41. The number of amides is 1. The molecule has 2 aromatic rings. The van der Waals surface area contributed by atoms with Crippen molar-refractivity contribution in [1.29, 1.82) is 0 Å². The van der Waals surface area contributed by atoms with E-state index in [1.807, 2.05) is 6.07 Å². The zero-order chi connectivity index (χ0) is 22.4. The number of carbonyl (C=O) groups excluding carboxylic acids is 1. The maximum atomic E-state index is 13.0. The Kier molecular flexibility index (Phi) is 8.51. The van der Waals surface area contributed by atoms with E-state index in [4.69, 9.17) is 16.0 Å². The van der Waals surface area contributed by atoms with E-state index in [0.717, 1.165) is 29.9 Å². The lowest BCUT2D eigenvalue weighted by atomic mass is 10.2. The van der Waals surface area contributed by atoms with Gasteiger partial charge in [-0.25, -0.2) is 8.42 Å². The van der Waals surface area contributed by atoms with Gasteiger partial charge in [0.2, 0.25) is 15.9 Å². The summed E-state index contributed by atoms with van der Waals surface area (Å²) in [5, 5.41) is 2.35. The van der Waals surface area contributed by atoms with Crippen LogP contribution in [0.5, 0.6) is 0 Å². The molecule has 0 saturated carbocycles. The molecule has 0 saturated heterocycles. The van der Waals surface area contributed by atoms with Gasteiger partial charge in [0.05, 0.1) is 34.5 Å². The topological polar surface area (TPSA) is 79.6 Å². The molecule has 1 heterocycles. The summed E-state index contributed by atoms with van der Waals surface area (Å²) in [7, 11) is -4.06. The van der Waals surface area contributed by atoms with Gasteiger partial charge in [-0.05, 0) is 42.5 Å². The van der Waals surface area contributed by atoms with Gasteiger partial charge in [-0.1, -0.05) is 11.6 Å². The van der Waals surface area contributed by atoms with E-state index in [1.54, 1.807) is 24.1 Å². The highest BCUT2D eigenvalue weighted by Gasteiger charge is 2.33. The fraction of sp³-hybridized carbons (Fsp3) is 0.389. The standard InChI is InChI=1S/C18H20ClF3N2O4S2/c1-30(26,27)24(16-10-13(18(20,21)22)5-6-15(16)19)11-17(25)23-7-3-9-29-12-14-4-2-8-28-14/h2,4-6,8,10H,3,7,9,11-12H2,1H3,(H,23,25). The highest BCUT2D eigenvalue weighted by Crippen LogP contribution is 2.36. The molecular formula is C18H20ClF3N2O4S2. The SMILES string of the molecule is CS(=O)(=O)N(CC(=O)NCCCSCc1ccco1)c1cc(C(F)(F)F)ccc1Cl. The number of hydrogen-bond donors (Lipinski definition) is 1. The first kappa shape index (κ1) is 24.4. The number of carbonyl (C=O) groups is 1.